The number of carbonyl (C=O) groups excluding carboxylic acids is 2. The number of rotatable bonds is 4. The lowest BCUT2D eigenvalue weighted by molar-refractivity contribution is -0.136. The van der Waals surface area contributed by atoms with Crippen LogP contribution in [0, 0.1) is 5.41 Å². The number of carbonyl (C=O) groups is 2. The van der Waals surface area contributed by atoms with Gasteiger partial charge >= 0.3 is 0 Å². The van der Waals surface area contributed by atoms with Crippen LogP contribution in [0.15, 0.2) is 0 Å². The van der Waals surface area contributed by atoms with Crippen molar-refractivity contribution in [3.63, 3.8) is 0 Å². The van der Waals surface area contributed by atoms with Crippen molar-refractivity contribution in [2.45, 2.75) is 38.6 Å². The molecule has 6 heteroatoms. The predicted octanol–water partition coefficient (Wildman–Crippen LogP) is -0.177. The van der Waals surface area contributed by atoms with Crippen molar-refractivity contribution in [3.8, 4) is 0 Å². The monoisotopic (exact) mass is 243 g/mol. The van der Waals surface area contributed by atoms with Crippen LogP contribution >= 0.6 is 12.2 Å². The molecule has 16 heavy (non-hydrogen) atoms. The molecular weight excluding hydrogens is 226 g/mol. The van der Waals surface area contributed by atoms with Crippen LogP contribution in [0.2, 0.25) is 0 Å². The first kappa shape index (κ1) is 12.9. The average molecular weight is 243 g/mol. The molecule has 0 aromatic rings. The standard InChI is InChI=1S/C10H17N3O2S/c1-9(2,6(11)14)13-8(15)10(7(12)16)4-3-5-10/h3-5H2,1-2H3,(H2,11,14)(H2,12,16)(H,13,15). The van der Waals surface area contributed by atoms with Crippen LogP contribution in [0.25, 0.3) is 0 Å². The van der Waals surface area contributed by atoms with Crippen molar-refractivity contribution in [1.29, 1.82) is 0 Å². The molecule has 0 atom stereocenters. The second kappa shape index (κ2) is 4.01. The van der Waals surface area contributed by atoms with E-state index in [1.807, 2.05) is 0 Å². The molecule has 1 aliphatic carbocycles. The van der Waals surface area contributed by atoms with E-state index >= 15 is 0 Å². The largest absolute Gasteiger partial charge is 0.392 e. The summed E-state index contributed by atoms with van der Waals surface area (Å²) >= 11 is 4.91. The molecule has 0 heterocycles. The molecule has 1 aliphatic rings. The Morgan fingerprint density at radius 3 is 2.06 bits per heavy atom. The van der Waals surface area contributed by atoms with E-state index < -0.39 is 16.9 Å². The highest BCUT2D eigenvalue weighted by Crippen LogP contribution is 2.41. The Bertz CT molecular complexity index is 348. The van der Waals surface area contributed by atoms with Crippen molar-refractivity contribution < 1.29 is 9.59 Å². The maximum atomic E-state index is 12.0. The molecule has 2 amide bonds. The third-order valence-electron chi connectivity index (χ3n) is 3.16. The molecule has 0 aromatic heterocycles. The third kappa shape index (κ3) is 2.02. The van der Waals surface area contributed by atoms with Gasteiger partial charge in [-0.25, -0.2) is 0 Å². The number of thiocarbonyl (C=S) groups is 1. The van der Waals surface area contributed by atoms with E-state index in [4.69, 9.17) is 23.7 Å². The molecular formula is C10H17N3O2S. The second-order valence-electron chi connectivity index (χ2n) is 4.74. The zero-order chi connectivity index (χ0) is 12.6. The Balaban J connectivity index is 2.79. The fourth-order valence-corrected chi connectivity index (χ4v) is 1.88. The molecule has 0 unspecified atom stereocenters. The van der Waals surface area contributed by atoms with Crippen molar-refractivity contribution in [2.75, 3.05) is 0 Å². The summed E-state index contributed by atoms with van der Waals surface area (Å²) in [5.74, 6) is -0.881. The van der Waals surface area contributed by atoms with Gasteiger partial charge in [-0.1, -0.05) is 18.6 Å². The van der Waals surface area contributed by atoms with Gasteiger partial charge in [-0.3, -0.25) is 9.59 Å². The molecule has 1 rings (SSSR count). The molecule has 1 fully saturated rings. The number of amides is 2. The van der Waals surface area contributed by atoms with Crippen LogP contribution < -0.4 is 16.8 Å². The van der Waals surface area contributed by atoms with E-state index in [-0.39, 0.29) is 10.9 Å². The van der Waals surface area contributed by atoms with E-state index in [1.54, 1.807) is 13.8 Å². The van der Waals surface area contributed by atoms with Crippen LogP contribution in [0.1, 0.15) is 33.1 Å². The summed E-state index contributed by atoms with van der Waals surface area (Å²) in [4.78, 5) is 23.3. The van der Waals surface area contributed by atoms with Crippen LogP contribution in [0.3, 0.4) is 0 Å². The van der Waals surface area contributed by atoms with Gasteiger partial charge in [0, 0.05) is 0 Å². The van der Waals surface area contributed by atoms with E-state index in [1.165, 1.54) is 0 Å². The van der Waals surface area contributed by atoms with Gasteiger partial charge in [0.25, 0.3) is 0 Å². The lowest BCUT2D eigenvalue weighted by atomic mass is 9.67. The average Bonchev–Trinajstić information content (AvgIpc) is 1.98. The molecule has 1 saturated carbocycles. The first-order chi connectivity index (χ1) is 7.22. The Labute approximate surface area is 99.9 Å². The maximum absolute atomic E-state index is 12.0. The van der Waals surface area contributed by atoms with Gasteiger partial charge in [-0.2, -0.15) is 0 Å². The van der Waals surface area contributed by atoms with Crippen molar-refractivity contribution >= 4 is 29.0 Å². The predicted molar refractivity (Wildman–Crippen MR) is 64.5 cm³/mol. The highest BCUT2D eigenvalue weighted by molar-refractivity contribution is 7.80. The Morgan fingerprint density at radius 1 is 1.31 bits per heavy atom. The fraction of sp³-hybridized carbons (Fsp3) is 0.700. The van der Waals surface area contributed by atoms with E-state index in [0.29, 0.717) is 12.8 Å². The summed E-state index contributed by atoms with van der Waals surface area (Å²) in [6.45, 7) is 3.11. The summed E-state index contributed by atoms with van der Waals surface area (Å²) in [5.41, 5.74) is 8.91. The zero-order valence-electron chi connectivity index (χ0n) is 9.50. The van der Waals surface area contributed by atoms with Gasteiger partial charge in [-0.15, -0.1) is 0 Å². The molecule has 0 aliphatic heterocycles. The molecule has 0 spiro atoms. The number of hydrogen-bond donors (Lipinski definition) is 3. The lowest BCUT2D eigenvalue weighted by Gasteiger charge is -2.41. The van der Waals surface area contributed by atoms with Gasteiger partial charge in [0.15, 0.2) is 0 Å². The first-order valence-electron chi connectivity index (χ1n) is 5.15. The Hall–Kier alpha value is -1.17. The van der Waals surface area contributed by atoms with Crippen molar-refractivity contribution in [1.82, 2.24) is 5.32 Å². The van der Waals surface area contributed by atoms with Gasteiger partial charge in [-0.05, 0) is 26.7 Å². The highest BCUT2D eigenvalue weighted by atomic mass is 32.1. The molecule has 0 aromatic carbocycles. The molecule has 90 valence electrons. The van der Waals surface area contributed by atoms with Crippen LogP contribution in [0.5, 0.6) is 0 Å². The fourth-order valence-electron chi connectivity index (χ4n) is 1.58. The van der Waals surface area contributed by atoms with Crippen LogP contribution in [-0.4, -0.2) is 22.3 Å². The number of nitrogens with two attached hydrogens (primary N) is 2. The SMILES string of the molecule is CC(C)(NC(=O)C1(C(N)=S)CCC1)C(N)=O. The summed E-state index contributed by atoms with van der Waals surface area (Å²) in [7, 11) is 0. The molecule has 0 radical (unpaired) electrons. The highest BCUT2D eigenvalue weighted by Gasteiger charge is 2.48. The normalized spacial score (nSPS) is 18.4. The van der Waals surface area contributed by atoms with Crippen LogP contribution in [0.4, 0.5) is 0 Å². The van der Waals surface area contributed by atoms with E-state index in [9.17, 15) is 9.59 Å². The minimum Gasteiger partial charge on any atom is -0.392 e. The number of primary amides is 1. The summed E-state index contributed by atoms with van der Waals surface area (Å²) < 4.78 is 0. The Kier molecular flexibility index (Phi) is 3.23. The van der Waals surface area contributed by atoms with E-state index in [2.05, 4.69) is 5.32 Å². The molecule has 5 nitrogen and oxygen atoms in total. The van der Waals surface area contributed by atoms with Crippen molar-refractivity contribution in [3.05, 3.63) is 0 Å². The third-order valence-corrected chi connectivity index (χ3v) is 3.55. The quantitative estimate of drug-likeness (QED) is 0.597. The number of nitrogens with one attached hydrogen (secondary N) is 1. The minimum absolute atomic E-state index is 0.191. The van der Waals surface area contributed by atoms with Gasteiger partial charge in [0.1, 0.15) is 5.54 Å². The first-order valence-corrected chi connectivity index (χ1v) is 5.56. The second-order valence-corrected chi connectivity index (χ2v) is 5.18. The smallest absolute Gasteiger partial charge is 0.242 e. The summed E-state index contributed by atoms with van der Waals surface area (Å²) in [5, 5.41) is 2.60. The maximum Gasteiger partial charge on any atom is 0.242 e. The minimum atomic E-state index is -1.08. The summed E-state index contributed by atoms with van der Waals surface area (Å²) in [6, 6.07) is 0. The van der Waals surface area contributed by atoms with Gasteiger partial charge in [0.2, 0.25) is 11.8 Å². The molecule has 0 saturated heterocycles. The molecule has 0 bridgehead atoms. The zero-order valence-corrected chi connectivity index (χ0v) is 10.3. The Morgan fingerprint density at radius 2 is 1.81 bits per heavy atom. The van der Waals surface area contributed by atoms with Gasteiger partial charge in [0.05, 0.1) is 10.4 Å². The summed E-state index contributed by atoms with van der Waals surface area (Å²) in [6.07, 6.45) is 2.20. The number of hydrogen-bond acceptors (Lipinski definition) is 3. The van der Waals surface area contributed by atoms with E-state index in [0.717, 1.165) is 6.42 Å². The van der Waals surface area contributed by atoms with Crippen molar-refractivity contribution in [2.24, 2.45) is 16.9 Å². The lowest BCUT2D eigenvalue weighted by Crippen LogP contribution is -2.61. The molecule has 5 N–H and O–H groups in total. The van der Waals surface area contributed by atoms with Gasteiger partial charge < -0.3 is 16.8 Å². The van der Waals surface area contributed by atoms with Crippen LogP contribution in [-0.2, 0) is 9.59 Å². The topological polar surface area (TPSA) is 98.2 Å².